The summed E-state index contributed by atoms with van der Waals surface area (Å²) in [4.78, 5) is 31.8. The minimum atomic E-state index is -0.698. The van der Waals surface area contributed by atoms with Crippen LogP contribution >= 0.6 is 11.6 Å². The van der Waals surface area contributed by atoms with Crippen molar-refractivity contribution in [1.29, 1.82) is 0 Å². The number of aryl methyl sites for hydroxylation is 1. The smallest absolute Gasteiger partial charge is 0.233 e. The Morgan fingerprint density at radius 1 is 0.923 bits per heavy atom. The van der Waals surface area contributed by atoms with Crippen LogP contribution in [0.1, 0.15) is 75.3 Å². The molecule has 0 spiro atoms. The average molecular weight is 555 g/mol. The number of hydrogen-bond acceptors (Lipinski definition) is 3. The van der Waals surface area contributed by atoms with Gasteiger partial charge in [0, 0.05) is 43.0 Å². The third kappa shape index (κ3) is 6.11. The molecule has 2 saturated heterocycles. The van der Waals surface area contributed by atoms with E-state index in [-0.39, 0.29) is 17.6 Å². The molecule has 0 radical (unpaired) electrons. The van der Waals surface area contributed by atoms with Gasteiger partial charge in [0.1, 0.15) is 11.6 Å². The molecule has 1 atom stereocenters. The molecule has 2 aromatic carbocycles. The van der Waals surface area contributed by atoms with Crippen molar-refractivity contribution in [1.82, 2.24) is 9.80 Å². The molecule has 2 amide bonds. The van der Waals surface area contributed by atoms with Crippen LogP contribution in [-0.4, -0.2) is 54.4 Å². The van der Waals surface area contributed by atoms with Crippen LogP contribution in [0.4, 0.5) is 4.39 Å². The summed E-state index contributed by atoms with van der Waals surface area (Å²) in [6.45, 7) is 5.02. The quantitative estimate of drug-likeness (QED) is 0.383. The van der Waals surface area contributed by atoms with E-state index in [0.29, 0.717) is 31.1 Å². The van der Waals surface area contributed by atoms with Crippen LogP contribution in [0.25, 0.3) is 0 Å². The van der Waals surface area contributed by atoms with Crippen LogP contribution in [0.2, 0.25) is 5.02 Å². The SMILES string of the molecule is Cc1cc(OC[C@]2(CC(=O)N3CCCCC3)CCCN(C(=O)C3(c4cccc(F)c4)CCCC3)C2)ccc1Cl. The van der Waals surface area contributed by atoms with Crippen LogP contribution in [0.5, 0.6) is 5.75 Å². The number of amides is 2. The Hall–Kier alpha value is -2.60. The topological polar surface area (TPSA) is 49.9 Å². The predicted molar refractivity (Wildman–Crippen MR) is 152 cm³/mol. The lowest BCUT2D eigenvalue weighted by Crippen LogP contribution is -2.55. The van der Waals surface area contributed by atoms with Gasteiger partial charge >= 0.3 is 0 Å². The van der Waals surface area contributed by atoms with Gasteiger partial charge in [0.05, 0.1) is 12.0 Å². The summed E-state index contributed by atoms with van der Waals surface area (Å²) in [5.41, 5.74) is 0.526. The summed E-state index contributed by atoms with van der Waals surface area (Å²) in [5.74, 6) is 0.638. The van der Waals surface area contributed by atoms with Crippen LogP contribution in [-0.2, 0) is 15.0 Å². The van der Waals surface area contributed by atoms with E-state index in [1.165, 1.54) is 18.6 Å². The van der Waals surface area contributed by atoms with Crippen LogP contribution < -0.4 is 4.74 Å². The van der Waals surface area contributed by atoms with Crippen LogP contribution in [0.15, 0.2) is 42.5 Å². The van der Waals surface area contributed by atoms with E-state index < -0.39 is 10.8 Å². The Morgan fingerprint density at radius 3 is 2.38 bits per heavy atom. The van der Waals surface area contributed by atoms with Crippen molar-refractivity contribution >= 4 is 23.4 Å². The van der Waals surface area contributed by atoms with Gasteiger partial charge in [-0.2, -0.15) is 0 Å². The normalized spacial score (nSPS) is 23.1. The molecule has 3 fully saturated rings. The van der Waals surface area contributed by atoms with Crippen LogP contribution in [0.3, 0.4) is 0 Å². The van der Waals surface area contributed by atoms with Gasteiger partial charge in [-0.3, -0.25) is 9.59 Å². The molecule has 0 bridgehead atoms. The maximum absolute atomic E-state index is 14.3. The number of carbonyl (C=O) groups excluding carboxylic acids is 2. The Balaban J connectivity index is 1.40. The highest BCUT2D eigenvalue weighted by Crippen LogP contribution is 2.45. The second-order valence-corrected chi connectivity index (χ2v) is 12.4. The number of piperidine rings is 2. The van der Waals surface area contributed by atoms with Gasteiger partial charge in [-0.1, -0.05) is 36.6 Å². The minimum absolute atomic E-state index is 0.0717. The molecular weight excluding hydrogens is 515 g/mol. The van der Waals surface area contributed by atoms with Gasteiger partial charge in [0.15, 0.2) is 0 Å². The van der Waals surface area contributed by atoms with E-state index in [4.69, 9.17) is 16.3 Å². The van der Waals surface area contributed by atoms with Gasteiger partial charge in [-0.05, 0) is 93.3 Å². The zero-order valence-electron chi connectivity index (χ0n) is 23.0. The van der Waals surface area contributed by atoms with E-state index >= 15 is 0 Å². The number of hydrogen-bond donors (Lipinski definition) is 0. The van der Waals surface area contributed by atoms with E-state index in [2.05, 4.69) is 0 Å². The largest absolute Gasteiger partial charge is 0.493 e. The highest BCUT2D eigenvalue weighted by atomic mass is 35.5. The van der Waals surface area contributed by atoms with E-state index in [0.717, 1.165) is 81.3 Å². The lowest BCUT2D eigenvalue weighted by atomic mass is 9.74. The van der Waals surface area contributed by atoms with Gasteiger partial charge in [-0.25, -0.2) is 4.39 Å². The van der Waals surface area contributed by atoms with Crippen molar-refractivity contribution in [2.24, 2.45) is 5.41 Å². The standard InChI is InChI=1S/C32H40ClFN2O3/c1-24-19-27(11-12-28(24)33)39-23-31(21-29(37)35-16-5-2-6-17-35)13-8-18-36(22-31)30(38)32(14-3-4-15-32)25-9-7-10-26(34)20-25/h7,9-12,19-20H,2-6,8,13-18,21-23H2,1H3/t31-/m0/s1. The molecular formula is C32H40ClFN2O3. The first-order valence-electron chi connectivity index (χ1n) is 14.5. The molecule has 2 aromatic rings. The average Bonchev–Trinajstić information content (AvgIpc) is 3.45. The number of carbonyl (C=O) groups is 2. The molecule has 0 aromatic heterocycles. The number of rotatable bonds is 7. The third-order valence-electron chi connectivity index (χ3n) is 9.10. The summed E-state index contributed by atoms with van der Waals surface area (Å²) in [5, 5.41) is 0.686. The lowest BCUT2D eigenvalue weighted by molar-refractivity contribution is -0.145. The second-order valence-electron chi connectivity index (χ2n) is 11.9. The Bertz CT molecular complexity index is 1190. The zero-order valence-corrected chi connectivity index (χ0v) is 23.8. The molecule has 1 saturated carbocycles. The fourth-order valence-electron chi connectivity index (χ4n) is 6.91. The van der Waals surface area contributed by atoms with Gasteiger partial charge in [0.2, 0.25) is 11.8 Å². The maximum atomic E-state index is 14.3. The van der Waals surface area contributed by atoms with E-state index in [1.54, 1.807) is 6.07 Å². The summed E-state index contributed by atoms with van der Waals surface area (Å²) in [6, 6.07) is 12.2. The van der Waals surface area contributed by atoms with Crippen molar-refractivity contribution in [2.75, 3.05) is 32.8 Å². The summed E-state index contributed by atoms with van der Waals surface area (Å²) >= 11 is 6.23. The molecule has 210 valence electrons. The Kier molecular flexibility index (Phi) is 8.51. The molecule has 2 heterocycles. The van der Waals surface area contributed by atoms with E-state index in [1.807, 2.05) is 41.0 Å². The van der Waals surface area contributed by atoms with E-state index in [9.17, 15) is 14.0 Å². The molecule has 39 heavy (non-hydrogen) atoms. The molecule has 7 heteroatoms. The van der Waals surface area contributed by atoms with Crippen molar-refractivity contribution in [3.8, 4) is 5.75 Å². The second kappa shape index (κ2) is 11.9. The highest BCUT2D eigenvalue weighted by molar-refractivity contribution is 6.31. The molecule has 1 aliphatic carbocycles. The lowest BCUT2D eigenvalue weighted by Gasteiger charge is -2.46. The first kappa shape index (κ1) is 27.9. The summed E-state index contributed by atoms with van der Waals surface area (Å²) in [6.07, 6.45) is 8.59. The molecule has 0 N–H and O–H groups in total. The number of benzene rings is 2. The molecule has 0 unspecified atom stereocenters. The third-order valence-corrected chi connectivity index (χ3v) is 9.53. The monoisotopic (exact) mass is 554 g/mol. The first-order valence-corrected chi connectivity index (χ1v) is 14.9. The minimum Gasteiger partial charge on any atom is -0.493 e. The maximum Gasteiger partial charge on any atom is 0.233 e. The number of likely N-dealkylation sites (tertiary alicyclic amines) is 2. The molecule has 3 aliphatic rings. The fourth-order valence-corrected chi connectivity index (χ4v) is 7.02. The van der Waals surface area contributed by atoms with Crippen molar-refractivity contribution in [3.05, 3.63) is 64.4 Å². The Labute approximate surface area is 236 Å². The number of nitrogens with zero attached hydrogens (tertiary/aromatic N) is 2. The van der Waals surface area contributed by atoms with Crippen molar-refractivity contribution in [2.45, 2.75) is 76.5 Å². The summed E-state index contributed by atoms with van der Waals surface area (Å²) in [7, 11) is 0. The summed E-state index contributed by atoms with van der Waals surface area (Å²) < 4.78 is 20.6. The van der Waals surface area contributed by atoms with Gasteiger partial charge < -0.3 is 14.5 Å². The first-order chi connectivity index (χ1) is 18.8. The molecule has 2 aliphatic heterocycles. The van der Waals surface area contributed by atoms with Crippen molar-refractivity contribution in [3.63, 3.8) is 0 Å². The molecule has 5 rings (SSSR count). The van der Waals surface area contributed by atoms with Crippen molar-refractivity contribution < 1.29 is 18.7 Å². The van der Waals surface area contributed by atoms with Crippen LogP contribution in [0, 0.1) is 18.2 Å². The number of ether oxygens (including phenoxy) is 1. The Morgan fingerprint density at radius 2 is 1.67 bits per heavy atom. The fraction of sp³-hybridized carbons (Fsp3) is 0.562. The highest BCUT2D eigenvalue weighted by Gasteiger charge is 2.48. The van der Waals surface area contributed by atoms with Gasteiger partial charge in [0.25, 0.3) is 0 Å². The molecule has 5 nitrogen and oxygen atoms in total. The van der Waals surface area contributed by atoms with Gasteiger partial charge in [-0.15, -0.1) is 0 Å². The zero-order chi connectivity index (χ0) is 27.5. The predicted octanol–water partition coefficient (Wildman–Crippen LogP) is 6.69. The number of halogens is 2.